The largest absolute Gasteiger partial charge is 0.476 e. The Kier molecular flexibility index (Phi) is 4.65. The molecule has 2 rings (SSSR count). The third kappa shape index (κ3) is 3.73. The van der Waals surface area contributed by atoms with Crippen molar-refractivity contribution < 1.29 is 23.1 Å². The van der Waals surface area contributed by atoms with Crippen molar-refractivity contribution in [2.24, 2.45) is 0 Å². The molecule has 1 heterocycles. The molecule has 0 fully saturated rings. The van der Waals surface area contributed by atoms with Gasteiger partial charge in [-0.25, -0.2) is 9.78 Å². The molecule has 1 aromatic carbocycles. The minimum atomic E-state index is -4.39. The first-order chi connectivity index (χ1) is 10.3. The average Bonchev–Trinajstić information content (AvgIpc) is 2.88. The molecule has 2 aromatic rings. The number of benzene rings is 1. The van der Waals surface area contributed by atoms with Gasteiger partial charge in [0.2, 0.25) is 0 Å². The third-order valence-corrected chi connectivity index (χ3v) is 4.03. The van der Waals surface area contributed by atoms with E-state index in [1.807, 2.05) is 6.92 Å². The maximum Gasteiger partial charge on any atom is 0.416 e. The van der Waals surface area contributed by atoms with Crippen LogP contribution in [0.2, 0.25) is 0 Å². The zero-order chi connectivity index (χ0) is 16.3. The summed E-state index contributed by atoms with van der Waals surface area (Å²) in [6.45, 7) is 1.82. The van der Waals surface area contributed by atoms with Gasteiger partial charge in [-0.05, 0) is 30.2 Å². The molecule has 0 atom stereocenters. The van der Waals surface area contributed by atoms with Crippen molar-refractivity contribution in [1.29, 1.82) is 0 Å². The van der Waals surface area contributed by atoms with Gasteiger partial charge in [0, 0.05) is 4.88 Å². The van der Waals surface area contributed by atoms with Gasteiger partial charge >= 0.3 is 12.1 Å². The normalized spacial score (nSPS) is 12.0. The Balaban J connectivity index is 2.27. The average molecular weight is 327 g/mol. The van der Waals surface area contributed by atoms with E-state index in [0.29, 0.717) is 21.9 Å². The first-order valence-electron chi connectivity index (χ1n) is 6.39. The van der Waals surface area contributed by atoms with Crippen LogP contribution >= 0.6 is 11.3 Å². The molecule has 7 heteroatoms. The highest BCUT2D eigenvalue weighted by Crippen LogP contribution is 2.30. The minimum Gasteiger partial charge on any atom is -0.476 e. The SMILES string of the molecule is CCc1sc(/C=C/c2cccc(C(F)(F)F)c2)nc1C(=O)O. The molecule has 0 aliphatic carbocycles. The zero-order valence-electron chi connectivity index (χ0n) is 11.5. The van der Waals surface area contributed by atoms with Crippen LogP contribution in [0.15, 0.2) is 24.3 Å². The highest BCUT2D eigenvalue weighted by atomic mass is 32.1. The summed E-state index contributed by atoms with van der Waals surface area (Å²) >= 11 is 1.22. The van der Waals surface area contributed by atoms with Gasteiger partial charge in [0.15, 0.2) is 5.69 Å². The van der Waals surface area contributed by atoms with Gasteiger partial charge in [-0.2, -0.15) is 13.2 Å². The van der Waals surface area contributed by atoms with Crippen LogP contribution in [0.4, 0.5) is 13.2 Å². The fraction of sp³-hybridized carbons (Fsp3) is 0.200. The number of thiazole rings is 1. The zero-order valence-corrected chi connectivity index (χ0v) is 12.3. The maximum absolute atomic E-state index is 12.6. The molecule has 1 aromatic heterocycles. The standard InChI is InChI=1S/C15H12F3NO2S/c1-2-11-13(14(20)21)19-12(22-11)7-6-9-4-3-5-10(8-9)15(16,17)18/h3-8H,2H2,1H3,(H,20,21)/b7-6+. The van der Waals surface area contributed by atoms with Gasteiger partial charge in [-0.1, -0.05) is 25.1 Å². The van der Waals surface area contributed by atoms with E-state index in [4.69, 9.17) is 5.11 Å². The summed E-state index contributed by atoms with van der Waals surface area (Å²) in [7, 11) is 0. The molecular formula is C15H12F3NO2S. The Hall–Kier alpha value is -2.15. The fourth-order valence-corrected chi connectivity index (χ4v) is 2.73. The number of alkyl halides is 3. The Morgan fingerprint density at radius 2 is 2.09 bits per heavy atom. The lowest BCUT2D eigenvalue weighted by Crippen LogP contribution is -2.04. The summed E-state index contributed by atoms with van der Waals surface area (Å²) < 4.78 is 37.9. The van der Waals surface area contributed by atoms with E-state index in [1.165, 1.54) is 35.6 Å². The smallest absolute Gasteiger partial charge is 0.416 e. The fourth-order valence-electron chi connectivity index (χ4n) is 1.83. The van der Waals surface area contributed by atoms with Crippen molar-refractivity contribution in [3.63, 3.8) is 0 Å². The topological polar surface area (TPSA) is 50.2 Å². The summed E-state index contributed by atoms with van der Waals surface area (Å²) in [5.41, 5.74) is -0.356. The van der Waals surface area contributed by atoms with Crippen LogP contribution in [0.5, 0.6) is 0 Å². The molecule has 0 saturated heterocycles. The number of aromatic carboxylic acids is 1. The van der Waals surface area contributed by atoms with Gasteiger partial charge in [-0.3, -0.25) is 0 Å². The quantitative estimate of drug-likeness (QED) is 0.893. The van der Waals surface area contributed by atoms with Gasteiger partial charge in [0.25, 0.3) is 0 Å². The Morgan fingerprint density at radius 3 is 2.64 bits per heavy atom. The second-order valence-electron chi connectivity index (χ2n) is 4.44. The molecule has 0 saturated carbocycles. The second kappa shape index (κ2) is 6.31. The molecule has 1 N–H and O–H groups in total. The van der Waals surface area contributed by atoms with Crippen LogP contribution in [-0.4, -0.2) is 16.1 Å². The van der Waals surface area contributed by atoms with Gasteiger partial charge in [0.1, 0.15) is 5.01 Å². The number of carbonyl (C=O) groups is 1. The van der Waals surface area contributed by atoms with Crippen molar-refractivity contribution in [3.8, 4) is 0 Å². The summed E-state index contributed by atoms with van der Waals surface area (Å²) in [5.74, 6) is -1.10. The van der Waals surface area contributed by atoms with Crippen molar-refractivity contribution in [3.05, 3.63) is 51.0 Å². The first kappa shape index (κ1) is 16.2. The number of nitrogens with zero attached hydrogens (tertiary/aromatic N) is 1. The van der Waals surface area contributed by atoms with Crippen LogP contribution in [0.3, 0.4) is 0 Å². The monoisotopic (exact) mass is 327 g/mol. The summed E-state index contributed by atoms with van der Waals surface area (Å²) in [6, 6.07) is 4.89. The van der Waals surface area contributed by atoms with E-state index in [9.17, 15) is 18.0 Å². The summed E-state index contributed by atoms with van der Waals surface area (Å²) in [5, 5.41) is 9.47. The van der Waals surface area contributed by atoms with Gasteiger partial charge < -0.3 is 5.11 Å². The molecule has 3 nitrogen and oxygen atoms in total. The number of rotatable bonds is 4. The Morgan fingerprint density at radius 1 is 1.36 bits per heavy atom. The van der Waals surface area contributed by atoms with Crippen molar-refractivity contribution in [2.45, 2.75) is 19.5 Å². The van der Waals surface area contributed by atoms with Crippen molar-refractivity contribution in [1.82, 2.24) is 4.98 Å². The van der Waals surface area contributed by atoms with Crippen LogP contribution in [0.1, 0.15) is 38.4 Å². The first-order valence-corrected chi connectivity index (χ1v) is 7.21. The molecule has 22 heavy (non-hydrogen) atoms. The van der Waals surface area contributed by atoms with E-state index in [1.54, 1.807) is 0 Å². The van der Waals surface area contributed by atoms with Crippen molar-refractivity contribution >= 4 is 29.5 Å². The Bertz CT molecular complexity index is 720. The van der Waals surface area contributed by atoms with Gasteiger partial charge in [0.05, 0.1) is 5.56 Å². The molecule has 0 bridgehead atoms. The molecule has 0 unspecified atom stereocenters. The van der Waals surface area contributed by atoms with Crippen LogP contribution in [-0.2, 0) is 12.6 Å². The summed E-state index contributed by atoms with van der Waals surface area (Å²) in [4.78, 5) is 15.6. The minimum absolute atomic E-state index is 0.00353. The number of aromatic nitrogens is 1. The molecule has 0 radical (unpaired) electrons. The van der Waals surface area contributed by atoms with E-state index in [2.05, 4.69) is 4.98 Å². The van der Waals surface area contributed by atoms with Crippen LogP contribution < -0.4 is 0 Å². The highest BCUT2D eigenvalue weighted by Gasteiger charge is 2.30. The highest BCUT2D eigenvalue weighted by molar-refractivity contribution is 7.12. The van der Waals surface area contributed by atoms with E-state index in [-0.39, 0.29) is 5.69 Å². The van der Waals surface area contributed by atoms with Crippen LogP contribution in [0, 0.1) is 0 Å². The predicted octanol–water partition coefficient (Wildman–Crippen LogP) is 4.59. The third-order valence-electron chi connectivity index (χ3n) is 2.87. The van der Waals surface area contributed by atoms with E-state index >= 15 is 0 Å². The Labute approximate surface area is 128 Å². The number of carboxylic acids is 1. The number of halogens is 3. The predicted molar refractivity (Wildman–Crippen MR) is 78.8 cm³/mol. The number of hydrogen-bond donors (Lipinski definition) is 1. The second-order valence-corrected chi connectivity index (χ2v) is 5.55. The number of aryl methyl sites for hydroxylation is 1. The lowest BCUT2D eigenvalue weighted by Gasteiger charge is -2.06. The molecule has 116 valence electrons. The molecule has 0 amide bonds. The molecular weight excluding hydrogens is 315 g/mol. The van der Waals surface area contributed by atoms with Gasteiger partial charge in [-0.15, -0.1) is 11.3 Å². The van der Waals surface area contributed by atoms with E-state index in [0.717, 1.165) is 12.1 Å². The molecule has 0 aliphatic heterocycles. The van der Waals surface area contributed by atoms with Crippen molar-refractivity contribution in [2.75, 3.05) is 0 Å². The lowest BCUT2D eigenvalue weighted by molar-refractivity contribution is -0.137. The van der Waals surface area contributed by atoms with E-state index < -0.39 is 17.7 Å². The summed E-state index contributed by atoms with van der Waals surface area (Å²) in [6.07, 6.45) is -0.849. The van der Waals surface area contributed by atoms with Crippen LogP contribution in [0.25, 0.3) is 12.2 Å². The molecule has 0 spiro atoms. The maximum atomic E-state index is 12.6. The lowest BCUT2D eigenvalue weighted by atomic mass is 10.1. The number of carboxylic acid groups (broad SMARTS) is 1. The number of hydrogen-bond acceptors (Lipinski definition) is 3. The molecule has 0 aliphatic rings.